The van der Waals surface area contributed by atoms with Gasteiger partial charge in [0.05, 0.1) is 60.5 Å². The molecular weight excluding hydrogens is 1270 g/mol. The Bertz CT molecular complexity index is 3530. The maximum absolute atomic E-state index is 13.8. The molecule has 18 nitrogen and oxygen atoms in total. The number of benzene rings is 4. The summed E-state index contributed by atoms with van der Waals surface area (Å²) in [6.07, 6.45) is 16.1. The van der Waals surface area contributed by atoms with Gasteiger partial charge in [0.1, 0.15) is 11.5 Å². The topological polar surface area (TPSA) is 244 Å². The molecule has 2 spiro atoms. The van der Waals surface area contributed by atoms with Gasteiger partial charge < -0.3 is 39.0 Å². The van der Waals surface area contributed by atoms with Crippen LogP contribution in [0.5, 0.6) is 11.5 Å². The first-order valence-corrected chi connectivity index (χ1v) is 36.2. The van der Waals surface area contributed by atoms with Gasteiger partial charge in [0.2, 0.25) is 20.0 Å². The van der Waals surface area contributed by atoms with Crippen LogP contribution in [0.15, 0.2) is 97.1 Å². The number of aliphatic hydroxyl groups excluding tert-OH is 2. The third kappa shape index (κ3) is 14.5. The number of fused-ring (bicyclic) bond motifs is 8. The van der Waals surface area contributed by atoms with E-state index in [4.69, 9.17) is 42.1 Å². The summed E-state index contributed by atoms with van der Waals surface area (Å²) >= 11 is 12.8. The van der Waals surface area contributed by atoms with E-state index in [2.05, 4.69) is 43.5 Å². The zero-order chi connectivity index (χ0) is 65.4. The van der Waals surface area contributed by atoms with Crippen molar-refractivity contribution in [1.29, 1.82) is 0 Å². The zero-order valence-electron chi connectivity index (χ0n) is 52.9. The Morgan fingerprint density at radius 3 is 1.39 bits per heavy atom. The van der Waals surface area contributed by atoms with Crippen molar-refractivity contribution < 1.29 is 65.2 Å². The first kappa shape index (κ1) is 69.7. The second-order valence-electron chi connectivity index (χ2n) is 27.4. The second kappa shape index (κ2) is 28.3. The summed E-state index contributed by atoms with van der Waals surface area (Å²) in [6.45, 7) is 6.66. The highest BCUT2D eigenvalue weighted by Crippen LogP contribution is 2.50. The number of hydrogen-bond donors (Lipinski definition) is 4. The average Bonchev–Trinajstić information content (AvgIpc) is 1.71. The van der Waals surface area contributed by atoms with E-state index in [1.54, 1.807) is 62.4 Å². The molecule has 10 atom stereocenters. The molecule has 22 heteroatoms. The van der Waals surface area contributed by atoms with Crippen molar-refractivity contribution >= 4 is 78.4 Å². The highest BCUT2D eigenvalue weighted by molar-refractivity contribution is 7.91. The first-order valence-electron chi connectivity index (χ1n) is 32.5. The molecule has 2 amide bonds. The Morgan fingerprint density at radius 2 is 1.01 bits per heavy atom. The summed E-state index contributed by atoms with van der Waals surface area (Å²) in [6, 6.07) is 22.4. The van der Waals surface area contributed by atoms with Gasteiger partial charge in [-0.25, -0.2) is 26.3 Å². The van der Waals surface area contributed by atoms with Crippen molar-refractivity contribution in [2.75, 3.05) is 63.4 Å². The van der Waals surface area contributed by atoms with Crippen molar-refractivity contribution in [3.63, 3.8) is 0 Å². The molecule has 93 heavy (non-hydrogen) atoms. The number of allylic oxidation sites excluding steroid dienone is 2. The van der Waals surface area contributed by atoms with Crippen LogP contribution in [-0.4, -0.2) is 126 Å². The molecular formula is C71H90Cl2N4O14S2. The summed E-state index contributed by atoms with van der Waals surface area (Å²) in [7, 11) is -5.95. The molecule has 0 saturated heterocycles. The number of halogens is 2. The summed E-state index contributed by atoms with van der Waals surface area (Å²) in [4.78, 5) is 55.8. The molecule has 4 aromatic carbocycles. The summed E-state index contributed by atoms with van der Waals surface area (Å²) in [5.74, 6) is -0.661. The van der Waals surface area contributed by atoms with Gasteiger partial charge >= 0.3 is 11.9 Å². The van der Waals surface area contributed by atoms with Crippen LogP contribution in [0.1, 0.15) is 167 Å². The molecule has 2 fully saturated rings. The third-order valence-electron chi connectivity index (χ3n) is 21.6. The van der Waals surface area contributed by atoms with Gasteiger partial charge in [-0.15, -0.1) is 0 Å². The normalized spacial score (nSPS) is 30.9. The third-order valence-corrected chi connectivity index (χ3v) is 26.4. The molecule has 0 radical (unpaired) electrons. The number of sulfonamides is 2. The fourth-order valence-electron chi connectivity index (χ4n) is 15.5. The quantitative estimate of drug-likeness (QED) is 0.104. The van der Waals surface area contributed by atoms with Crippen LogP contribution in [0.3, 0.4) is 0 Å². The maximum Gasteiger partial charge on any atom is 0.305 e. The minimum absolute atomic E-state index is 0. The summed E-state index contributed by atoms with van der Waals surface area (Å²) < 4.78 is 79.5. The van der Waals surface area contributed by atoms with Crippen molar-refractivity contribution in [3.05, 3.63) is 141 Å². The van der Waals surface area contributed by atoms with Gasteiger partial charge in [-0.3, -0.25) is 19.2 Å². The predicted octanol–water partition coefficient (Wildman–Crippen LogP) is 11.3. The van der Waals surface area contributed by atoms with Crippen LogP contribution in [-0.2, 0) is 62.8 Å². The molecule has 12 rings (SSSR count). The molecule has 4 aliphatic carbocycles. The molecule has 2 saturated carbocycles. The number of nitrogens with zero attached hydrogens (tertiary/aromatic N) is 2. The fourth-order valence-corrected chi connectivity index (χ4v) is 18.6. The van der Waals surface area contributed by atoms with Crippen LogP contribution in [0.4, 0.5) is 11.4 Å². The fraction of sp³-hybridized carbons (Fsp3) is 0.549. The second-order valence-corrected chi connectivity index (χ2v) is 32.7. The first-order chi connectivity index (χ1) is 43.9. The van der Waals surface area contributed by atoms with Gasteiger partial charge in [0, 0.05) is 71.0 Å². The molecule has 4 aromatic rings. The van der Waals surface area contributed by atoms with Gasteiger partial charge in [0.15, 0.2) is 0 Å². The molecule has 0 unspecified atom stereocenters. The Hall–Kier alpha value is -6.16. The van der Waals surface area contributed by atoms with Crippen LogP contribution in [0, 0.1) is 23.7 Å². The zero-order valence-corrected chi connectivity index (χ0v) is 56.1. The Balaban J connectivity index is 0.000000201. The number of aliphatic hydroxyl groups is 2. The van der Waals surface area contributed by atoms with E-state index in [-0.39, 0.29) is 91.6 Å². The molecule has 4 aliphatic heterocycles. The number of aryl methyl sites for hydroxylation is 2. The Morgan fingerprint density at radius 1 is 0.602 bits per heavy atom. The van der Waals surface area contributed by atoms with Gasteiger partial charge in [-0.1, -0.05) is 67.1 Å². The number of rotatable bonds is 6. The minimum atomic E-state index is -4.23. The summed E-state index contributed by atoms with van der Waals surface area (Å²) in [5.41, 5.74) is 6.18. The van der Waals surface area contributed by atoms with E-state index >= 15 is 0 Å². The van der Waals surface area contributed by atoms with Gasteiger partial charge in [0.25, 0.3) is 11.8 Å². The van der Waals surface area contributed by atoms with Gasteiger partial charge in [-0.05, 0) is 223 Å². The molecule has 8 aliphatic rings. The summed E-state index contributed by atoms with van der Waals surface area (Å²) in [5, 5.41) is 23.9. The maximum atomic E-state index is 13.8. The molecule has 4 heterocycles. The monoisotopic (exact) mass is 1360 g/mol. The lowest BCUT2D eigenvalue weighted by Gasteiger charge is -2.45. The van der Waals surface area contributed by atoms with E-state index in [1.807, 2.05) is 24.3 Å². The van der Waals surface area contributed by atoms with Crippen molar-refractivity contribution in [3.8, 4) is 11.5 Å². The lowest BCUT2D eigenvalue weighted by molar-refractivity contribution is -0.141. The SMILES string of the molecule is C.COC(=O)CC[C@@]1(C)CC/C=C\[C@H](O)[C@@H]2CC[C@H]2CN2C[C@@]3(CCCc4cc(Cl)ccc43)COc3ccc(cc32)C(=O)NS1(=O)=O.COC(=O)CC[C@]1(C)CC/C=C\[C@H](O)[C@@H]2CC[C@H]2CN2C[C@@]3(CCCc4cc(Cl)ccc43)COc3ccc(cc32)C(=O)NS1(=O)=O. The van der Waals surface area contributed by atoms with Crippen molar-refractivity contribution in [2.45, 2.75) is 169 Å². The smallest absolute Gasteiger partial charge is 0.305 e. The van der Waals surface area contributed by atoms with E-state index < -0.39 is 65.5 Å². The van der Waals surface area contributed by atoms with Crippen molar-refractivity contribution in [1.82, 2.24) is 9.44 Å². The predicted molar refractivity (Wildman–Crippen MR) is 360 cm³/mol. The number of amides is 2. The van der Waals surface area contributed by atoms with Gasteiger partial charge in [-0.2, -0.15) is 0 Å². The van der Waals surface area contributed by atoms with Crippen LogP contribution >= 0.6 is 23.2 Å². The van der Waals surface area contributed by atoms with E-state index in [0.29, 0.717) is 73.8 Å². The van der Waals surface area contributed by atoms with E-state index in [1.165, 1.54) is 36.5 Å². The minimum Gasteiger partial charge on any atom is -0.490 e. The number of ether oxygens (including phenoxy) is 4. The van der Waals surface area contributed by atoms with E-state index in [9.17, 15) is 46.2 Å². The highest BCUT2D eigenvalue weighted by atomic mass is 35.5. The highest BCUT2D eigenvalue weighted by Gasteiger charge is 2.48. The van der Waals surface area contributed by atoms with Crippen LogP contribution in [0.2, 0.25) is 10.0 Å². The molecule has 4 N–H and O–H groups in total. The lowest BCUT2D eigenvalue weighted by atomic mass is 9.68. The number of methoxy groups -OCH3 is 2. The number of nitrogens with one attached hydrogen (secondary N) is 2. The van der Waals surface area contributed by atoms with Crippen LogP contribution in [0.25, 0.3) is 0 Å². The lowest BCUT2D eigenvalue weighted by Crippen LogP contribution is -2.49. The number of esters is 2. The molecule has 4 bridgehead atoms. The van der Waals surface area contributed by atoms with Crippen LogP contribution < -0.4 is 28.7 Å². The average molecular weight is 1360 g/mol. The molecule has 0 aromatic heterocycles. The standard InChI is InChI=1S/2C35H43ClN2O7S.CH4/c2*1-34(17-14-32(40)44-2)15-4-3-7-30(39)27-11-8-25(27)20-38-21-35(16-5-6-23-18-26(36)10-12-28(23)35)22-45-31-13-9-24(19-29(31)38)33(41)37-46(34,42)43;/h2*3,7,9-10,12-13,18-19,25,27,30,39H,4-6,8,11,14-17,20-22H2,1-2H3,(H,37,41);1H4/b2*7-3-;/t25-,27+,30-,34+,35-;25-,27+,30-,34-,35-;/m00./s1. The Labute approximate surface area is 558 Å². The number of carbonyl (C=O) groups is 4. The largest absolute Gasteiger partial charge is 0.490 e. The van der Waals surface area contributed by atoms with E-state index in [0.717, 1.165) is 75.6 Å². The number of anilines is 2. The number of hydrogen-bond acceptors (Lipinski definition) is 16. The van der Waals surface area contributed by atoms with Crippen molar-refractivity contribution in [2.24, 2.45) is 23.7 Å². The number of carbonyl (C=O) groups excluding carboxylic acids is 4. The Kier molecular flexibility index (Phi) is 21.2. The molecule has 504 valence electrons.